The zero-order chi connectivity index (χ0) is 9.90. The standard InChI is InChI=1S/C8H12N2O3/c9-4-2-6-10(13)5-1-3-7(10)8(11)12/h7H,1-3,5-6H2,(H,11,12)/t7-,10?/m1/s1. The molecule has 0 radical (unpaired) electrons. The first-order chi connectivity index (χ1) is 6.10. The average Bonchev–Trinajstić information content (AvgIpc) is 2.44. The summed E-state index contributed by atoms with van der Waals surface area (Å²) in [6.45, 7) is 0.437. The van der Waals surface area contributed by atoms with Crippen molar-refractivity contribution in [2.45, 2.75) is 25.3 Å². The fourth-order valence-electron chi connectivity index (χ4n) is 1.78. The van der Waals surface area contributed by atoms with Crippen molar-refractivity contribution in [3.05, 3.63) is 5.21 Å². The molecule has 72 valence electrons. The van der Waals surface area contributed by atoms with Crippen LogP contribution in [0, 0.1) is 16.5 Å². The number of rotatable bonds is 3. The second-order valence-electron chi connectivity index (χ2n) is 3.30. The lowest BCUT2D eigenvalue weighted by Crippen LogP contribution is -2.50. The third-order valence-corrected chi connectivity index (χ3v) is 2.47. The number of hydrogen-bond donors (Lipinski definition) is 1. The topological polar surface area (TPSA) is 84.1 Å². The highest BCUT2D eigenvalue weighted by Gasteiger charge is 2.39. The van der Waals surface area contributed by atoms with E-state index < -0.39 is 16.7 Å². The highest BCUT2D eigenvalue weighted by molar-refractivity contribution is 5.72. The van der Waals surface area contributed by atoms with Crippen LogP contribution in [0.3, 0.4) is 0 Å². The molecule has 0 aromatic carbocycles. The first-order valence-corrected chi connectivity index (χ1v) is 4.28. The number of carbonyl (C=O) groups is 1. The lowest BCUT2D eigenvalue weighted by atomic mass is 10.2. The van der Waals surface area contributed by atoms with Crippen molar-refractivity contribution in [3.63, 3.8) is 0 Å². The second-order valence-corrected chi connectivity index (χ2v) is 3.30. The highest BCUT2D eigenvalue weighted by atomic mass is 16.6. The third kappa shape index (κ3) is 1.97. The van der Waals surface area contributed by atoms with Crippen LogP contribution >= 0.6 is 0 Å². The van der Waals surface area contributed by atoms with Gasteiger partial charge in [-0.2, -0.15) is 5.26 Å². The molecule has 5 nitrogen and oxygen atoms in total. The van der Waals surface area contributed by atoms with E-state index in [1.165, 1.54) is 0 Å². The smallest absolute Gasteiger partial charge is 0.362 e. The summed E-state index contributed by atoms with van der Waals surface area (Å²) in [5, 5.41) is 28.9. The van der Waals surface area contributed by atoms with Gasteiger partial charge in [-0.25, -0.2) is 4.79 Å². The van der Waals surface area contributed by atoms with Gasteiger partial charge in [0, 0.05) is 12.8 Å². The fraction of sp³-hybridized carbons (Fsp3) is 0.750. The van der Waals surface area contributed by atoms with Crippen LogP contribution in [-0.4, -0.2) is 34.9 Å². The molecular formula is C8H12N2O3. The van der Waals surface area contributed by atoms with Crippen molar-refractivity contribution in [1.82, 2.24) is 0 Å². The SMILES string of the molecule is N#CCC[N+]1([O-])CCC[C@@H]1C(=O)O. The van der Waals surface area contributed by atoms with Crippen molar-refractivity contribution in [2.75, 3.05) is 13.1 Å². The first-order valence-electron chi connectivity index (χ1n) is 4.28. The molecule has 2 atom stereocenters. The summed E-state index contributed by atoms with van der Waals surface area (Å²) < 4.78 is -0.719. The molecule has 1 rings (SSSR count). The molecular weight excluding hydrogens is 172 g/mol. The van der Waals surface area contributed by atoms with Crippen LogP contribution in [0.25, 0.3) is 0 Å². The maximum atomic E-state index is 11.8. The van der Waals surface area contributed by atoms with E-state index in [1.807, 2.05) is 6.07 Å². The van der Waals surface area contributed by atoms with E-state index in [0.29, 0.717) is 19.4 Å². The van der Waals surface area contributed by atoms with Crippen molar-refractivity contribution in [2.24, 2.45) is 0 Å². The third-order valence-electron chi connectivity index (χ3n) is 2.47. The Morgan fingerprint density at radius 1 is 1.77 bits per heavy atom. The minimum atomic E-state index is -1.04. The van der Waals surface area contributed by atoms with Crippen molar-refractivity contribution < 1.29 is 14.5 Å². The van der Waals surface area contributed by atoms with Gasteiger partial charge < -0.3 is 15.0 Å². The molecule has 0 amide bonds. The predicted octanol–water partition coefficient (Wildman–Crippen LogP) is 0.462. The molecule has 13 heavy (non-hydrogen) atoms. The highest BCUT2D eigenvalue weighted by Crippen LogP contribution is 2.26. The summed E-state index contributed by atoms with van der Waals surface area (Å²) in [6, 6.07) is 1.02. The molecule has 1 saturated heterocycles. The number of quaternary nitrogens is 1. The Morgan fingerprint density at radius 3 is 3.00 bits per heavy atom. The number of carboxylic acids is 1. The second kappa shape index (κ2) is 3.73. The first kappa shape index (κ1) is 9.96. The number of hydroxylamine groups is 3. The monoisotopic (exact) mass is 184 g/mol. The Kier molecular flexibility index (Phi) is 2.86. The number of nitriles is 1. The Morgan fingerprint density at radius 2 is 2.46 bits per heavy atom. The van der Waals surface area contributed by atoms with Crippen molar-refractivity contribution in [3.8, 4) is 6.07 Å². The molecule has 0 aromatic heterocycles. The lowest BCUT2D eigenvalue weighted by molar-refractivity contribution is -0.883. The summed E-state index contributed by atoms with van der Waals surface area (Å²) in [7, 11) is 0. The number of aliphatic carboxylic acids is 1. The van der Waals surface area contributed by atoms with E-state index in [2.05, 4.69) is 0 Å². The molecule has 0 saturated carbocycles. The summed E-state index contributed by atoms with van der Waals surface area (Å²) in [5.74, 6) is -1.04. The summed E-state index contributed by atoms with van der Waals surface area (Å²) in [4.78, 5) is 10.7. The van der Waals surface area contributed by atoms with Crippen molar-refractivity contribution >= 4 is 5.97 Å². The van der Waals surface area contributed by atoms with E-state index >= 15 is 0 Å². The van der Waals surface area contributed by atoms with Gasteiger partial charge in [0.25, 0.3) is 0 Å². The normalized spacial score (nSPS) is 32.8. The Bertz CT molecular complexity index is 248. The summed E-state index contributed by atoms with van der Waals surface area (Å²) in [5.41, 5.74) is 0. The van der Waals surface area contributed by atoms with Crippen LogP contribution in [-0.2, 0) is 4.79 Å². The number of carboxylic acid groups (broad SMARTS) is 1. The molecule has 1 unspecified atom stereocenters. The zero-order valence-electron chi connectivity index (χ0n) is 7.27. The van der Waals surface area contributed by atoms with Gasteiger partial charge in [0.2, 0.25) is 0 Å². The Labute approximate surface area is 76.4 Å². The van der Waals surface area contributed by atoms with Crippen LogP contribution in [0.4, 0.5) is 0 Å². The molecule has 0 aromatic rings. The molecule has 0 spiro atoms. The fourth-order valence-corrected chi connectivity index (χ4v) is 1.78. The number of hydrogen-bond acceptors (Lipinski definition) is 3. The van der Waals surface area contributed by atoms with E-state index in [-0.39, 0.29) is 13.0 Å². The quantitative estimate of drug-likeness (QED) is 0.510. The van der Waals surface area contributed by atoms with Gasteiger partial charge in [-0.3, -0.25) is 0 Å². The van der Waals surface area contributed by atoms with Crippen LogP contribution in [0.5, 0.6) is 0 Å². The van der Waals surface area contributed by atoms with Gasteiger partial charge in [0.1, 0.15) is 0 Å². The van der Waals surface area contributed by atoms with Gasteiger partial charge in [0.15, 0.2) is 6.04 Å². The van der Waals surface area contributed by atoms with Crippen LogP contribution in [0.15, 0.2) is 0 Å². The van der Waals surface area contributed by atoms with E-state index in [1.54, 1.807) is 0 Å². The number of nitrogens with zero attached hydrogens (tertiary/aromatic N) is 2. The predicted molar refractivity (Wildman–Crippen MR) is 44.2 cm³/mol. The molecule has 1 N–H and O–H groups in total. The van der Waals surface area contributed by atoms with Crippen molar-refractivity contribution in [1.29, 1.82) is 5.26 Å². The van der Waals surface area contributed by atoms with E-state index in [9.17, 15) is 10.0 Å². The van der Waals surface area contributed by atoms with Crippen LogP contribution in [0.2, 0.25) is 0 Å². The zero-order valence-corrected chi connectivity index (χ0v) is 7.27. The maximum absolute atomic E-state index is 11.8. The maximum Gasteiger partial charge on any atom is 0.362 e. The van der Waals surface area contributed by atoms with Gasteiger partial charge in [-0.1, -0.05) is 0 Å². The molecule has 0 bridgehead atoms. The summed E-state index contributed by atoms with van der Waals surface area (Å²) >= 11 is 0. The molecule has 1 aliphatic rings. The minimum Gasteiger partial charge on any atom is -0.632 e. The lowest BCUT2D eigenvalue weighted by Gasteiger charge is -2.41. The minimum absolute atomic E-state index is 0.105. The number of likely N-dealkylation sites (tertiary alicyclic amines) is 1. The average molecular weight is 184 g/mol. The Balaban J connectivity index is 2.65. The van der Waals surface area contributed by atoms with E-state index in [0.717, 1.165) is 0 Å². The van der Waals surface area contributed by atoms with E-state index in [4.69, 9.17) is 10.4 Å². The molecule has 1 heterocycles. The van der Waals surface area contributed by atoms with Gasteiger partial charge in [-0.15, -0.1) is 0 Å². The Hall–Kier alpha value is -1.12. The van der Waals surface area contributed by atoms with Gasteiger partial charge in [0.05, 0.1) is 25.6 Å². The molecule has 1 fully saturated rings. The molecule has 5 heteroatoms. The molecule has 0 aliphatic carbocycles. The van der Waals surface area contributed by atoms with Gasteiger partial charge >= 0.3 is 5.97 Å². The largest absolute Gasteiger partial charge is 0.632 e. The van der Waals surface area contributed by atoms with Crippen LogP contribution in [0.1, 0.15) is 19.3 Å². The molecule has 1 aliphatic heterocycles. The van der Waals surface area contributed by atoms with Gasteiger partial charge in [-0.05, 0) is 0 Å². The summed E-state index contributed by atoms with van der Waals surface area (Å²) in [6.07, 6.45) is 1.21. The van der Waals surface area contributed by atoms with Crippen LogP contribution < -0.4 is 0 Å².